The summed E-state index contributed by atoms with van der Waals surface area (Å²) in [7, 11) is 1.55. The molecule has 0 unspecified atom stereocenters. The van der Waals surface area contributed by atoms with Gasteiger partial charge < -0.3 is 123 Å². The zero-order chi connectivity index (χ0) is 70.8. The second kappa shape index (κ2) is 36.3. The molecule has 12 bridgehead atoms. The van der Waals surface area contributed by atoms with Crippen molar-refractivity contribution in [3.8, 4) is 0 Å². The van der Waals surface area contributed by atoms with Gasteiger partial charge in [0.25, 0.3) is 40.5 Å². The van der Waals surface area contributed by atoms with E-state index >= 15 is 0 Å². The van der Waals surface area contributed by atoms with Crippen LogP contribution in [0.15, 0.2) is 0 Å². The van der Waals surface area contributed by atoms with Gasteiger partial charge in [0.1, 0.15) is 146 Å². The Bertz CT molecular complexity index is 2560. The van der Waals surface area contributed by atoms with Gasteiger partial charge >= 0.3 is 0 Å². The minimum Gasteiger partial charge on any atom is -0.382 e. The van der Waals surface area contributed by atoms with Crippen LogP contribution < -0.4 is 0 Å². The molecule has 0 aromatic rings. The Morgan fingerprint density at radius 3 is 0.458 bits per heavy atom. The second-order valence-corrected chi connectivity index (χ2v) is 29.7. The van der Waals surface area contributed by atoms with Gasteiger partial charge in [-0.15, -0.1) is 0 Å². The van der Waals surface area contributed by atoms with E-state index in [2.05, 4.69) is 0 Å². The van der Waals surface area contributed by atoms with Crippen LogP contribution in [-0.2, 0) is 180 Å². The molecule has 0 spiro atoms. The summed E-state index contributed by atoms with van der Waals surface area (Å²) in [5.41, 5.74) is 0. The van der Waals surface area contributed by atoms with Gasteiger partial charge in [-0.05, 0) is 0 Å². The van der Waals surface area contributed by atoms with Crippen molar-refractivity contribution < 1.29 is 174 Å². The molecule has 22 fully saturated rings. The minimum absolute atomic E-state index is 0.257. The maximum Gasteiger partial charge on any atom is 0.264 e. The first-order valence-corrected chi connectivity index (χ1v) is 37.3. The molecule has 38 nitrogen and oxygen atoms in total. The summed E-state index contributed by atoms with van der Waals surface area (Å²) in [6, 6.07) is 0. The molecule has 96 heavy (non-hydrogen) atoms. The molecule has 0 radical (unpaired) electrons. The normalized spacial score (nSPS) is 42.5. The van der Waals surface area contributed by atoms with Crippen LogP contribution in [0.5, 0.6) is 0 Å². The van der Waals surface area contributed by atoms with E-state index in [1.54, 1.807) is 0 Å². The van der Waals surface area contributed by atoms with E-state index in [4.69, 9.17) is 140 Å². The monoisotopic (exact) mass is 1480 g/mol. The molecule has 0 aromatic carbocycles. The van der Waals surface area contributed by atoms with Crippen LogP contribution in [0.3, 0.4) is 0 Å². The average molecular weight is 1480 g/mol. The first-order chi connectivity index (χ1) is 45.5. The Kier molecular flexibility index (Phi) is 31.0. The molecular formula is C54H96O38S4. The van der Waals surface area contributed by atoms with Gasteiger partial charge in [-0.25, -0.2) is 0 Å². The third-order valence-corrected chi connectivity index (χ3v) is 19.3. The van der Waals surface area contributed by atoms with E-state index in [0.717, 1.165) is 25.0 Å². The van der Waals surface area contributed by atoms with Crippen LogP contribution in [-0.4, -0.2) is 382 Å². The summed E-state index contributed by atoms with van der Waals surface area (Å²) in [5.74, 6) is 0. The first kappa shape index (κ1) is 81.9. The fourth-order valence-corrected chi connectivity index (χ4v) is 14.4. The largest absolute Gasteiger partial charge is 0.382 e. The molecule has 22 aliphatic heterocycles. The van der Waals surface area contributed by atoms with Gasteiger partial charge in [-0.1, -0.05) is 0 Å². The van der Waals surface area contributed by atoms with Crippen molar-refractivity contribution in [3.63, 3.8) is 0 Å². The molecule has 0 amide bonds. The standard InChI is InChI=1S/C54H96O38S4/c1-63-19-25-31-37(65-3)43(71-9)49(81-25)89-33-27(21-77-93(15,55)56)85-53(47(75-13)39(33)67-5)92-36-30(24-80-96(18,61)62)84-52(46(74-12)42(36)70-8)88-32-26(20-64-2)82-50(44(72-10)38(32)66-4)90-34-28(22-78-94(16,57)58)86-54(48(76-14)40(34)68-6)91-35-29(23-79-95(17,59)60)83-51(87-31)45(73-11)41(35)69-7/h25-54H,19-24H2,1-18H3/t25-,26-,27-,28-,29-,30-,31-,32-,33-,34-,35-,36-,37+,38+,39+,40+,41+,42+,43-,44-,45-,46-,47-,48-,49-,50-,51-,52-,53-,54-/m1/s1. The van der Waals surface area contributed by atoms with Gasteiger partial charge in [0, 0.05) is 99.5 Å². The summed E-state index contributed by atoms with van der Waals surface area (Å²) < 4.78 is 290. The Labute approximate surface area is 560 Å². The molecule has 42 heteroatoms. The zero-order valence-electron chi connectivity index (χ0n) is 56.7. The van der Waals surface area contributed by atoms with Crippen molar-refractivity contribution in [2.24, 2.45) is 0 Å². The molecule has 30 atom stereocenters. The zero-order valence-corrected chi connectivity index (χ0v) is 60.0. The van der Waals surface area contributed by atoms with E-state index < -0.39 is 251 Å². The quantitative estimate of drug-likeness (QED) is 0.0675. The fraction of sp³-hybridized carbons (Fsp3) is 1.00. The summed E-state index contributed by atoms with van der Waals surface area (Å²) in [4.78, 5) is 0. The summed E-state index contributed by atoms with van der Waals surface area (Å²) in [6.45, 7) is -3.53. The van der Waals surface area contributed by atoms with Gasteiger partial charge in [-0.3, -0.25) is 16.7 Å². The Morgan fingerprint density at radius 2 is 0.344 bits per heavy atom. The van der Waals surface area contributed by atoms with E-state index in [0.29, 0.717) is 0 Å². The lowest BCUT2D eigenvalue weighted by molar-refractivity contribution is -0.409. The van der Waals surface area contributed by atoms with E-state index in [1.807, 2.05) is 0 Å². The third kappa shape index (κ3) is 20.1. The van der Waals surface area contributed by atoms with Crippen LogP contribution in [0.25, 0.3) is 0 Å². The molecule has 0 aromatic heterocycles. The number of rotatable bonds is 28. The first-order valence-electron chi connectivity index (χ1n) is 30.0. The van der Waals surface area contributed by atoms with E-state index in [9.17, 15) is 33.7 Å². The highest BCUT2D eigenvalue weighted by molar-refractivity contribution is 7.86. The molecule has 0 N–H and O–H groups in total. The van der Waals surface area contributed by atoms with Crippen molar-refractivity contribution in [3.05, 3.63) is 0 Å². The van der Waals surface area contributed by atoms with Crippen molar-refractivity contribution in [1.29, 1.82) is 0 Å². The van der Waals surface area contributed by atoms with Crippen LogP contribution in [0.1, 0.15) is 0 Å². The fourth-order valence-electron chi connectivity index (χ4n) is 12.8. The smallest absolute Gasteiger partial charge is 0.264 e. The second-order valence-electron chi connectivity index (χ2n) is 23.1. The van der Waals surface area contributed by atoms with Gasteiger partial charge in [0.15, 0.2) is 37.7 Å². The lowest BCUT2D eigenvalue weighted by Crippen LogP contribution is -2.70. The highest BCUT2D eigenvalue weighted by Gasteiger charge is 2.62. The van der Waals surface area contributed by atoms with Crippen LogP contribution >= 0.6 is 0 Å². The van der Waals surface area contributed by atoms with Gasteiger partial charge in [-0.2, -0.15) is 33.7 Å². The molecule has 22 saturated heterocycles. The molecule has 0 aliphatic carbocycles. The minimum atomic E-state index is -4.24. The molecule has 0 saturated carbocycles. The Morgan fingerprint density at radius 1 is 0.208 bits per heavy atom. The van der Waals surface area contributed by atoms with E-state index in [1.165, 1.54) is 99.5 Å². The van der Waals surface area contributed by atoms with Gasteiger partial charge in [0.2, 0.25) is 0 Å². The highest BCUT2D eigenvalue weighted by Crippen LogP contribution is 2.42. The number of hydrogen-bond donors (Lipinski definition) is 0. The van der Waals surface area contributed by atoms with Crippen LogP contribution in [0.2, 0.25) is 0 Å². The van der Waals surface area contributed by atoms with Crippen LogP contribution in [0.4, 0.5) is 0 Å². The van der Waals surface area contributed by atoms with E-state index in [-0.39, 0.29) is 13.2 Å². The summed E-state index contributed by atoms with van der Waals surface area (Å²) in [5, 5.41) is 0. The molecule has 22 heterocycles. The molecule has 22 rings (SSSR count). The lowest BCUT2D eigenvalue weighted by atomic mass is 9.94. The molecule has 564 valence electrons. The highest BCUT2D eigenvalue weighted by atomic mass is 32.2. The molecule has 22 aliphatic rings. The number of hydrogen-bond acceptors (Lipinski definition) is 38. The molecular weight excluding hydrogens is 1380 g/mol. The number of methoxy groups -OCH3 is 14. The average Bonchev–Trinajstić information content (AvgIpc) is 0.768. The summed E-state index contributed by atoms with van der Waals surface area (Å²) in [6.07, 6.45) is -38.5. The van der Waals surface area contributed by atoms with Crippen molar-refractivity contribution in [2.75, 3.05) is 164 Å². The van der Waals surface area contributed by atoms with Gasteiger partial charge in [0.05, 0.1) is 64.7 Å². The number of ether oxygens (including phenoxy) is 26. The lowest BCUT2D eigenvalue weighted by Gasteiger charge is -2.53. The van der Waals surface area contributed by atoms with Crippen molar-refractivity contribution in [2.45, 2.75) is 184 Å². The maximum atomic E-state index is 12.9. The van der Waals surface area contributed by atoms with Crippen molar-refractivity contribution >= 4 is 40.5 Å². The Balaban J connectivity index is 1.42. The predicted octanol–water partition coefficient (Wildman–Crippen LogP) is -3.96. The third-order valence-electron chi connectivity index (χ3n) is 17.0. The SMILES string of the molecule is COC[C@H]1O[C@@H]2O[C@H]3[C@H](OC)[C@@H](OC)[C@@H](O[C@H]4[C@H](OC)[C@@H](OC)[C@@H](O[C@H]5[C@H](OC)[C@@H](OC)[C@@H](O[C@H]6[C@H](OC)[C@@H](OC)[C@@H](O[C@H]7[C@H](OC)[C@@H](OC)[C@@H](O[C@H]1[C@H](OC)[C@H]2OC)O[C@@H]7COS(C)(=O)=O)O[C@@H]6COS(C)(=O)=O)O[C@@H]5COC)O[C@@H]4COS(C)(=O)=O)O[C@@H]3COS(C)(=O)=O. The Hall–Kier alpha value is -1.40. The maximum absolute atomic E-state index is 12.9. The summed E-state index contributed by atoms with van der Waals surface area (Å²) >= 11 is 0. The van der Waals surface area contributed by atoms with Crippen molar-refractivity contribution in [1.82, 2.24) is 0 Å². The topological polar surface area (TPSA) is 413 Å². The predicted molar refractivity (Wildman–Crippen MR) is 318 cm³/mol. The van der Waals surface area contributed by atoms with Crippen LogP contribution in [0, 0.1) is 0 Å².